The number of carboxylic acid groups (broad SMARTS) is 1. The van der Waals surface area contributed by atoms with E-state index >= 15 is 0 Å². The number of aromatic nitrogens is 2. The lowest BCUT2D eigenvalue weighted by atomic mass is 9.83. The minimum atomic E-state index is -0.954. The molecule has 0 spiro atoms. The summed E-state index contributed by atoms with van der Waals surface area (Å²) >= 11 is 1.42. The fourth-order valence-corrected chi connectivity index (χ4v) is 7.53. The first-order valence-electron chi connectivity index (χ1n) is 15.3. The molecule has 6 rings (SSSR count). The Morgan fingerprint density at radius 2 is 1.86 bits per heavy atom. The fraction of sp³-hybridized carbons (Fsp3) is 0.485. The predicted molar refractivity (Wildman–Crippen MR) is 166 cm³/mol. The van der Waals surface area contributed by atoms with Gasteiger partial charge in [0, 0.05) is 47.6 Å². The summed E-state index contributed by atoms with van der Waals surface area (Å²) in [6.45, 7) is 4.78. The van der Waals surface area contributed by atoms with E-state index in [4.69, 9.17) is 9.72 Å². The predicted octanol–water partition coefficient (Wildman–Crippen LogP) is 6.18. The number of rotatable bonds is 10. The summed E-state index contributed by atoms with van der Waals surface area (Å²) < 4.78 is 5.88. The Balaban J connectivity index is 1.25. The van der Waals surface area contributed by atoms with Gasteiger partial charge in [-0.25, -0.2) is 9.97 Å². The molecule has 43 heavy (non-hydrogen) atoms. The Kier molecular flexibility index (Phi) is 8.59. The number of amides is 2. The zero-order valence-corrected chi connectivity index (χ0v) is 25.5. The van der Waals surface area contributed by atoms with Crippen molar-refractivity contribution in [3.05, 3.63) is 48.0 Å². The van der Waals surface area contributed by atoms with Crippen LogP contribution in [0.15, 0.2) is 48.0 Å². The molecular weight excluding hydrogens is 564 g/mol. The van der Waals surface area contributed by atoms with Gasteiger partial charge in [0.2, 0.25) is 11.8 Å². The summed E-state index contributed by atoms with van der Waals surface area (Å²) in [5.74, 6) is -0.679. The van der Waals surface area contributed by atoms with E-state index in [1.807, 2.05) is 55.6 Å². The number of thiazole rings is 1. The summed E-state index contributed by atoms with van der Waals surface area (Å²) in [6.07, 6.45) is 7.20. The maximum Gasteiger partial charge on any atom is 0.304 e. The lowest BCUT2D eigenvalue weighted by Gasteiger charge is -2.34. The van der Waals surface area contributed by atoms with Crippen molar-refractivity contribution in [3.8, 4) is 22.4 Å². The number of pyridine rings is 1. The molecule has 3 aliphatic rings. The van der Waals surface area contributed by atoms with E-state index in [-0.39, 0.29) is 42.4 Å². The molecule has 0 radical (unpaired) electrons. The van der Waals surface area contributed by atoms with Crippen LogP contribution in [-0.2, 0) is 19.1 Å². The minimum Gasteiger partial charge on any atom is -0.481 e. The highest BCUT2D eigenvalue weighted by Gasteiger charge is 2.40. The normalized spacial score (nSPS) is 22.9. The Morgan fingerprint density at radius 1 is 1.12 bits per heavy atom. The van der Waals surface area contributed by atoms with Gasteiger partial charge in [-0.2, -0.15) is 0 Å². The van der Waals surface area contributed by atoms with Gasteiger partial charge < -0.3 is 9.84 Å². The van der Waals surface area contributed by atoms with Crippen LogP contribution in [0.2, 0.25) is 0 Å². The zero-order chi connectivity index (χ0) is 30.1. The molecule has 2 unspecified atom stereocenters. The summed E-state index contributed by atoms with van der Waals surface area (Å²) in [7, 11) is 0. The molecule has 1 aliphatic carbocycles. The Hall–Kier alpha value is -3.63. The second kappa shape index (κ2) is 12.5. The summed E-state index contributed by atoms with van der Waals surface area (Å²) in [5.41, 5.74) is 3.56. The topological polar surface area (TPSA) is 113 Å². The molecule has 4 heterocycles. The maximum absolute atomic E-state index is 14.1. The van der Waals surface area contributed by atoms with Gasteiger partial charge in [0.1, 0.15) is 5.82 Å². The van der Waals surface area contributed by atoms with Crippen LogP contribution < -0.4 is 9.80 Å². The molecule has 2 saturated heterocycles. The lowest BCUT2D eigenvalue weighted by Crippen LogP contribution is -2.40. The molecule has 1 aromatic carbocycles. The van der Waals surface area contributed by atoms with E-state index in [0.29, 0.717) is 30.3 Å². The van der Waals surface area contributed by atoms with E-state index in [0.717, 1.165) is 54.5 Å². The van der Waals surface area contributed by atoms with Crippen LogP contribution in [-0.4, -0.2) is 57.7 Å². The van der Waals surface area contributed by atoms with Crippen LogP contribution in [0.4, 0.5) is 10.9 Å². The Labute approximate surface area is 255 Å². The van der Waals surface area contributed by atoms with Crippen molar-refractivity contribution in [1.29, 1.82) is 0 Å². The Bertz CT molecular complexity index is 1480. The maximum atomic E-state index is 14.1. The third-order valence-corrected chi connectivity index (χ3v) is 9.48. The van der Waals surface area contributed by atoms with Gasteiger partial charge in [0.05, 0.1) is 24.3 Å². The standard InChI is InChI=1S/C33H38N4O5S/c1-20-14-22(15-21(2)42-20)16-24(17-31(39)40)32(41)37(25-10-11-25)33-35-28(19-43-33)27-7-4-3-6-26(27)23-9-12-29(34-18-23)36-13-5-8-30(36)38/h3-4,6-7,9,12,18-22,24-25H,5,8,10-11,13-17H2,1-2H3,(H,39,40)/t20?,21?,22?,24-/m1/s1. The number of hydrogen-bond donors (Lipinski definition) is 1. The first-order valence-corrected chi connectivity index (χ1v) is 16.2. The quantitative estimate of drug-likeness (QED) is 0.295. The van der Waals surface area contributed by atoms with Crippen LogP contribution in [0.3, 0.4) is 0 Å². The molecule has 3 aromatic rings. The summed E-state index contributed by atoms with van der Waals surface area (Å²) in [4.78, 5) is 51.1. The number of carboxylic acids is 1. The first kappa shape index (κ1) is 29.4. The third-order valence-electron chi connectivity index (χ3n) is 8.64. The summed E-state index contributed by atoms with van der Waals surface area (Å²) in [5, 5.41) is 12.3. The van der Waals surface area contributed by atoms with Crippen LogP contribution in [0.1, 0.15) is 65.2 Å². The fourth-order valence-electron chi connectivity index (χ4n) is 6.63. The van der Waals surface area contributed by atoms with Gasteiger partial charge in [0.15, 0.2) is 5.13 Å². The van der Waals surface area contributed by atoms with E-state index < -0.39 is 11.9 Å². The van der Waals surface area contributed by atoms with Crippen molar-refractivity contribution in [2.24, 2.45) is 11.8 Å². The molecule has 0 bridgehead atoms. The number of ether oxygens (including phenoxy) is 1. The van der Waals surface area contributed by atoms with Crippen molar-refractivity contribution in [2.45, 2.75) is 83.5 Å². The van der Waals surface area contributed by atoms with E-state index in [2.05, 4.69) is 4.98 Å². The van der Waals surface area contributed by atoms with E-state index in [1.165, 1.54) is 11.3 Å². The third kappa shape index (κ3) is 6.65. The number of anilines is 2. The molecule has 2 amide bonds. The smallest absolute Gasteiger partial charge is 0.304 e. The van der Waals surface area contributed by atoms with Gasteiger partial charge in [-0.05, 0) is 76.0 Å². The van der Waals surface area contributed by atoms with Gasteiger partial charge in [-0.1, -0.05) is 24.3 Å². The van der Waals surface area contributed by atoms with Crippen LogP contribution in [0.25, 0.3) is 22.4 Å². The van der Waals surface area contributed by atoms with E-state index in [9.17, 15) is 19.5 Å². The molecule has 3 atom stereocenters. The molecular formula is C33H38N4O5S. The number of carbonyl (C=O) groups excluding carboxylic acids is 2. The minimum absolute atomic E-state index is 0.0515. The van der Waals surface area contributed by atoms with Gasteiger partial charge in [-0.15, -0.1) is 11.3 Å². The molecule has 2 aliphatic heterocycles. The van der Waals surface area contributed by atoms with Crippen molar-refractivity contribution in [3.63, 3.8) is 0 Å². The van der Waals surface area contributed by atoms with Crippen LogP contribution in [0, 0.1) is 11.8 Å². The molecule has 9 nitrogen and oxygen atoms in total. The van der Waals surface area contributed by atoms with Crippen molar-refractivity contribution >= 4 is 40.1 Å². The van der Waals surface area contributed by atoms with Crippen molar-refractivity contribution in [2.75, 3.05) is 16.3 Å². The summed E-state index contributed by atoms with van der Waals surface area (Å²) in [6, 6.07) is 11.9. The average Bonchev–Trinajstić information content (AvgIpc) is 3.52. The highest BCUT2D eigenvalue weighted by Crippen LogP contribution is 2.40. The molecule has 226 valence electrons. The molecule has 3 fully saturated rings. The van der Waals surface area contributed by atoms with Crippen LogP contribution in [0.5, 0.6) is 0 Å². The molecule has 1 N–H and O–H groups in total. The number of aliphatic carboxylic acids is 1. The van der Waals surface area contributed by atoms with Crippen molar-refractivity contribution in [1.82, 2.24) is 9.97 Å². The largest absolute Gasteiger partial charge is 0.481 e. The highest BCUT2D eigenvalue weighted by atomic mass is 32.1. The van der Waals surface area contributed by atoms with Crippen molar-refractivity contribution < 1.29 is 24.2 Å². The Morgan fingerprint density at radius 3 is 2.49 bits per heavy atom. The van der Waals surface area contributed by atoms with Gasteiger partial charge >= 0.3 is 5.97 Å². The zero-order valence-electron chi connectivity index (χ0n) is 24.6. The van der Waals surface area contributed by atoms with Gasteiger partial charge in [0.25, 0.3) is 0 Å². The first-order chi connectivity index (χ1) is 20.8. The van der Waals surface area contributed by atoms with Gasteiger partial charge in [-0.3, -0.25) is 24.2 Å². The molecule has 10 heteroatoms. The van der Waals surface area contributed by atoms with Crippen LogP contribution >= 0.6 is 11.3 Å². The monoisotopic (exact) mass is 602 g/mol. The number of nitrogens with zero attached hydrogens (tertiary/aromatic N) is 4. The molecule has 2 aromatic heterocycles. The molecule has 1 saturated carbocycles. The number of carbonyl (C=O) groups is 3. The number of hydrogen-bond acceptors (Lipinski definition) is 7. The number of benzene rings is 1. The second-order valence-corrected chi connectivity index (χ2v) is 13.0. The highest BCUT2D eigenvalue weighted by molar-refractivity contribution is 7.14. The SMILES string of the molecule is CC1CC(C[C@H](CC(=O)O)C(=O)N(c2nc(-c3ccccc3-c3ccc(N4CCCC4=O)nc3)cs2)C2CC2)CC(C)O1. The van der Waals surface area contributed by atoms with E-state index in [1.54, 1.807) is 16.0 Å². The average molecular weight is 603 g/mol. The lowest BCUT2D eigenvalue weighted by molar-refractivity contribution is -0.141. The second-order valence-electron chi connectivity index (χ2n) is 12.2.